The molecule has 0 saturated carbocycles. The Morgan fingerprint density at radius 2 is 1.56 bits per heavy atom. The van der Waals surface area contributed by atoms with E-state index in [0.717, 1.165) is 9.60 Å². The van der Waals surface area contributed by atoms with Gasteiger partial charge in [-0.05, 0) is 82.4 Å². The average Bonchev–Trinajstić information content (AvgIpc) is 4.04. The number of nitrogens with zero attached hydrogens (tertiary/aromatic N) is 4. The van der Waals surface area contributed by atoms with Crippen LogP contribution in [0.4, 0.5) is 26.1 Å². The maximum absolute atomic E-state index is 16.6. The third-order valence-corrected chi connectivity index (χ3v) is 14.0. The number of ether oxygens (including phenoxy) is 3. The highest BCUT2D eigenvalue weighted by Gasteiger charge is 2.76. The Morgan fingerprint density at radius 1 is 0.863 bits per heavy atom. The highest BCUT2D eigenvalue weighted by molar-refractivity contribution is 7.22. The maximum atomic E-state index is 16.6. The summed E-state index contributed by atoms with van der Waals surface area (Å²) >= 11 is 1.19. The number of hydrogen-bond donors (Lipinski definition) is 4. The van der Waals surface area contributed by atoms with Gasteiger partial charge in [-0.25, -0.2) is 19.5 Å². The topological polar surface area (TPSA) is 246 Å². The number of aliphatic hydroxyl groups is 1. The summed E-state index contributed by atoms with van der Waals surface area (Å²) < 4.78 is 19.0. The molecule has 6 atom stereocenters. The van der Waals surface area contributed by atoms with E-state index in [2.05, 4.69) is 22.5 Å². The van der Waals surface area contributed by atoms with Crippen molar-refractivity contribution >= 4 is 68.0 Å². The fourth-order valence-corrected chi connectivity index (χ4v) is 11.1. The molecule has 0 bridgehead atoms. The molecule has 5 N–H and O–H groups in total. The van der Waals surface area contributed by atoms with Crippen molar-refractivity contribution in [3.63, 3.8) is 0 Å². The van der Waals surface area contributed by atoms with Crippen LogP contribution in [0, 0.1) is 27.9 Å². The summed E-state index contributed by atoms with van der Waals surface area (Å²) in [6.07, 6.45) is -2.14. The monoisotopic (exact) mass is 997 g/mol. The Hall–Kier alpha value is -8.96. The molecular formula is C54H43N7O11S. The first kappa shape index (κ1) is 47.7. The molecule has 2 fully saturated rings. The van der Waals surface area contributed by atoms with Gasteiger partial charge in [0.2, 0.25) is 11.8 Å². The number of amides is 5. The van der Waals surface area contributed by atoms with Crippen LogP contribution in [0.5, 0.6) is 5.75 Å². The number of nitro benzene ring substituents is 1. The number of benzene rings is 6. The lowest BCUT2D eigenvalue weighted by molar-refractivity contribution is -0.384. The Balaban J connectivity index is 1.23. The molecule has 4 heterocycles. The Labute approximate surface area is 420 Å². The number of thiazole rings is 1. The number of carbonyl (C=O) groups excluding carboxylic acids is 5. The average molecular weight is 998 g/mol. The van der Waals surface area contributed by atoms with Gasteiger partial charge in [0, 0.05) is 17.7 Å². The van der Waals surface area contributed by atoms with Gasteiger partial charge in [0.15, 0.2) is 5.13 Å². The molecule has 366 valence electrons. The summed E-state index contributed by atoms with van der Waals surface area (Å²) in [7, 11) is 0. The summed E-state index contributed by atoms with van der Waals surface area (Å²) in [5.74, 6) is 2.02. The molecule has 0 aliphatic carbocycles. The smallest absolute Gasteiger partial charge is 0.421 e. The number of cyclic esters (lactones) is 1. The number of non-ortho nitro benzene ring substituents is 1. The summed E-state index contributed by atoms with van der Waals surface area (Å²) in [4.78, 5) is 92.7. The highest BCUT2D eigenvalue weighted by Crippen LogP contribution is 2.66. The molecule has 3 aliphatic rings. The molecule has 10 rings (SSSR count). The molecule has 0 unspecified atom stereocenters. The van der Waals surface area contributed by atoms with Crippen LogP contribution in [0.15, 0.2) is 152 Å². The second kappa shape index (κ2) is 20.0. The van der Waals surface area contributed by atoms with E-state index in [-0.39, 0.29) is 41.8 Å². The van der Waals surface area contributed by atoms with Gasteiger partial charge in [-0.1, -0.05) is 108 Å². The first-order valence-corrected chi connectivity index (χ1v) is 23.8. The predicted octanol–water partition coefficient (Wildman–Crippen LogP) is 7.24. The lowest BCUT2D eigenvalue weighted by Crippen LogP contribution is -2.54. The van der Waals surface area contributed by atoms with Crippen molar-refractivity contribution in [2.45, 2.75) is 36.3 Å². The number of nitro groups is 1. The standard InChI is InChI=1S/C54H43N7O11S/c55-51(66)56-27-9-10-32-19-26-41-39(30-32)54(50(65)59(41)53(67)71-31-33-17-22-37(23-18-33)61(68)69)43(48(63)58-52-57-40-15-7-8-16-42(40)73-52)45-49(64)72-46(35-13-5-2-6-14-35)44(34-11-3-1-4-12-34)60(45)47(54)36-20-24-38(25-21-36)70-29-28-62/h1-8,11-26,30,43-47,62H,27-29,31H2,(H3,55,56,66)(H,57,58,63)/t43-,44-,45-,46+,47+,54-/m1/s1. The van der Waals surface area contributed by atoms with Gasteiger partial charge in [-0.3, -0.25) is 29.4 Å². The Bertz CT molecular complexity index is 3310. The van der Waals surface area contributed by atoms with Gasteiger partial charge < -0.3 is 35.7 Å². The number of fused-ring (bicyclic) bond motifs is 4. The Kier molecular flexibility index (Phi) is 13.1. The third-order valence-electron chi connectivity index (χ3n) is 13.1. The molecule has 19 heteroatoms. The van der Waals surface area contributed by atoms with Crippen molar-refractivity contribution < 1.29 is 48.2 Å². The van der Waals surface area contributed by atoms with Crippen molar-refractivity contribution in [2.24, 2.45) is 11.7 Å². The SMILES string of the molecule is NC(=O)NCC#Cc1ccc2c(c1)[C@]1(C(=O)N2C(=O)OCc2ccc([N+](=O)[O-])cc2)[C@H](c2ccc(OCCO)cc2)N2[C@H](c3ccccc3)[C@H](c3ccccc3)OC(=O)[C@H]2[C@@H]1C(=O)Nc1nc2ccccc2s1. The van der Waals surface area contributed by atoms with Crippen molar-refractivity contribution in [1.29, 1.82) is 0 Å². The second-order valence-electron chi connectivity index (χ2n) is 17.3. The predicted molar refractivity (Wildman–Crippen MR) is 267 cm³/mol. The van der Waals surface area contributed by atoms with E-state index in [1.807, 2.05) is 77.7 Å². The zero-order valence-corrected chi connectivity index (χ0v) is 39.3. The summed E-state index contributed by atoms with van der Waals surface area (Å²) in [5.41, 5.74) is 6.11. The summed E-state index contributed by atoms with van der Waals surface area (Å²) in [6.45, 7) is -0.826. The Morgan fingerprint density at radius 3 is 2.25 bits per heavy atom. The van der Waals surface area contributed by atoms with Crippen molar-refractivity contribution in [3.8, 4) is 17.6 Å². The lowest BCUT2D eigenvalue weighted by atomic mass is 9.65. The van der Waals surface area contributed by atoms with E-state index in [1.54, 1.807) is 48.5 Å². The lowest BCUT2D eigenvalue weighted by Gasteiger charge is -2.46. The number of nitrogens with two attached hydrogens (primary N) is 1. The number of morpholine rings is 1. The molecule has 1 spiro atoms. The minimum atomic E-state index is -2.21. The van der Waals surface area contributed by atoms with Crippen LogP contribution in [0.2, 0.25) is 0 Å². The number of anilines is 2. The fourth-order valence-electron chi connectivity index (χ4n) is 10.2. The van der Waals surface area contributed by atoms with E-state index in [1.165, 1.54) is 41.7 Å². The number of aromatic nitrogens is 1. The number of primary amides is 1. The van der Waals surface area contributed by atoms with Crippen molar-refractivity contribution in [2.75, 3.05) is 30.0 Å². The van der Waals surface area contributed by atoms with E-state index in [4.69, 9.17) is 24.9 Å². The van der Waals surface area contributed by atoms with Gasteiger partial charge in [0.1, 0.15) is 36.5 Å². The zero-order valence-electron chi connectivity index (χ0n) is 38.5. The number of urea groups is 1. The number of para-hydroxylation sites is 1. The third kappa shape index (κ3) is 8.84. The molecule has 3 aliphatic heterocycles. The number of rotatable bonds is 12. The zero-order chi connectivity index (χ0) is 50.8. The first-order valence-electron chi connectivity index (χ1n) is 23.0. The van der Waals surface area contributed by atoms with Gasteiger partial charge >= 0.3 is 18.1 Å². The number of nitrogens with one attached hydrogen (secondary N) is 2. The molecule has 6 aromatic carbocycles. The summed E-state index contributed by atoms with van der Waals surface area (Å²) in [6, 6.07) is 37.9. The van der Waals surface area contributed by atoms with Crippen LogP contribution in [-0.2, 0) is 35.9 Å². The molecule has 5 amide bonds. The number of hydrogen-bond acceptors (Lipinski definition) is 14. The van der Waals surface area contributed by atoms with Crippen LogP contribution in [0.25, 0.3) is 10.2 Å². The van der Waals surface area contributed by atoms with Crippen LogP contribution in [0.1, 0.15) is 51.6 Å². The van der Waals surface area contributed by atoms with E-state index in [0.29, 0.717) is 39.1 Å². The largest absolute Gasteiger partial charge is 0.491 e. The molecule has 1 aromatic heterocycles. The molecular weight excluding hydrogens is 955 g/mol. The highest BCUT2D eigenvalue weighted by atomic mass is 32.1. The van der Waals surface area contributed by atoms with Crippen LogP contribution >= 0.6 is 11.3 Å². The maximum Gasteiger partial charge on any atom is 0.421 e. The first-order chi connectivity index (χ1) is 35.5. The van der Waals surface area contributed by atoms with E-state index >= 15 is 14.4 Å². The number of esters is 1. The van der Waals surface area contributed by atoms with Gasteiger partial charge in [0.05, 0.1) is 52.0 Å². The van der Waals surface area contributed by atoms with Gasteiger partial charge in [-0.15, -0.1) is 0 Å². The van der Waals surface area contributed by atoms with E-state index in [9.17, 15) is 24.8 Å². The van der Waals surface area contributed by atoms with Crippen LogP contribution < -0.4 is 26.0 Å². The minimum Gasteiger partial charge on any atom is -0.491 e. The number of imide groups is 1. The molecule has 73 heavy (non-hydrogen) atoms. The molecule has 18 nitrogen and oxygen atoms in total. The van der Waals surface area contributed by atoms with Crippen molar-refractivity contribution in [3.05, 3.63) is 195 Å². The van der Waals surface area contributed by atoms with Gasteiger partial charge in [-0.2, -0.15) is 0 Å². The molecule has 2 saturated heterocycles. The van der Waals surface area contributed by atoms with Crippen molar-refractivity contribution in [1.82, 2.24) is 15.2 Å². The fraction of sp³-hybridized carbons (Fsp3) is 0.185. The van der Waals surface area contributed by atoms with E-state index < -0.39 is 77.0 Å². The van der Waals surface area contributed by atoms with Crippen LogP contribution in [-0.4, -0.2) is 75.6 Å². The second-order valence-corrected chi connectivity index (χ2v) is 18.3. The van der Waals surface area contributed by atoms with Crippen LogP contribution in [0.3, 0.4) is 0 Å². The number of carbonyl (C=O) groups is 5. The molecule has 0 radical (unpaired) electrons. The minimum absolute atomic E-state index is 0.0167. The number of aliphatic hydroxyl groups excluding tert-OH is 1. The quantitative estimate of drug-likeness (QED) is 0.0409. The normalized spacial score (nSPS) is 20.8. The van der Waals surface area contributed by atoms with Gasteiger partial charge in [0.25, 0.3) is 5.69 Å². The summed E-state index contributed by atoms with van der Waals surface area (Å²) in [5, 5.41) is 26.6. The molecule has 7 aromatic rings.